The summed E-state index contributed by atoms with van der Waals surface area (Å²) >= 11 is 5.64. The van der Waals surface area contributed by atoms with Gasteiger partial charge in [-0.3, -0.25) is 0 Å². The number of halogens is 1. The van der Waals surface area contributed by atoms with Gasteiger partial charge in [0, 0.05) is 17.6 Å². The first-order valence-corrected chi connectivity index (χ1v) is 9.98. The molecule has 2 aromatic rings. The zero-order valence-corrected chi connectivity index (χ0v) is 24.1. The van der Waals surface area contributed by atoms with Crippen LogP contribution in [0.4, 0.5) is 0 Å². The summed E-state index contributed by atoms with van der Waals surface area (Å²) in [5, 5.41) is 35.2. The fourth-order valence-electron chi connectivity index (χ4n) is 2.83. The Bertz CT molecular complexity index is 911. The van der Waals surface area contributed by atoms with Gasteiger partial charge in [-0.05, 0) is 62.6 Å². The van der Waals surface area contributed by atoms with Crippen LogP contribution >= 0.6 is 11.6 Å². The third-order valence-corrected chi connectivity index (χ3v) is 4.57. The van der Waals surface area contributed by atoms with Crippen LogP contribution in [0.3, 0.4) is 0 Å². The minimum Gasteiger partial charge on any atom is -0.542 e. The Hall–Kier alpha value is -0.810. The van der Waals surface area contributed by atoms with E-state index in [-0.39, 0.29) is 76.7 Å². The van der Waals surface area contributed by atoms with Crippen LogP contribution in [0.5, 0.6) is 11.5 Å². The number of hydrogen-bond donors (Lipinski definition) is 2. The fraction of sp³-hybridized carbons (Fsp3) is 0.364. The number of fused-ring (bicyclic) bond motifs is 1. The summed E-state index contributed by atoms with van der Waals surface area (Å²) in [6.07, 6.45) is 0.0912. The number of ether oxygens (including phenoxy) is 2. The predicted octanol–water partition coefficient (Wildman–Crippen LogP) is -5.79. The van der Waals surface area contributed by atoms with Crippen LogP contribution in [0.15, 0.2) is 42.5 Å². The Balaban J connectivity index is 0.000000870. The number of carboxylic acid groups (broad SMARTS) is 2. The molecule has 0 saturated heterocycles. The third-order valence-electron chi connectivity index (χ3n) is 4.34. The van der Waals surface area contributed by atoms with Crippen molar-refractivity contribution in [3.63, 3.8) is 0 Å². The number of carbonyl (C=O) groups is 2. The minimum absolute atomic E-state index is 0. The van der Waals surface area contributed by atoms with Gasteiger partial charge in [0.05, 0.1) is 6.10 Å². The molecule has 8 nitrogen and oxygen atoms in total. The van der Waals surface area contributed by atoms with Gasteiger partial charge in [-0.2, -0.15) is 0 Å². The molecule has 0 radical (unpaired) electrons. The number of rotatable bonds is 7. The largest absolute Gasteiger partial charge is 1.00 e. The average molecular weight is 496 g/mol. The maximum Gasteiger partial charge on any atom is 1.00 e. The zero-order chi connectivity index (χ0) is 23.2. The Morgan fingerprint density at radius 3 is 2.15 bits per heavy atom. The van der Waals surface area contributed by atoms with Gasteiger partial charge in [-0.15, -0.1) is 0 Å². The second-order valence-electron chi connectivity index (χ2n) is 7.34. The Morgan fingerprint density at radius 1 is 1.06 bits per heavy atom. The SMILES string of the molecule is CC(O)CN[C@H](C)Cc1ccc2c(c1)OC(C(=O)[O-])(C(=O)[O-])O2.Cc1cccc(Cl)c1.[Na+].[Na+]. The number of aliphatic hydroxyl groups is 1. The Kier molecular flexibility index (Phi) is 14.2. The first-order chi connectivity index (χ1) is 14.5. The van der Waals surface area contributed by atoms with E-state index < -0.39 is 23.8 Å². The number of benzene rings is 2. The molecule has 1 unspecified atom stereocenters. The second kappa shape index (κ2) is 14.6. The summed E-state index contributed by atoms with van der Waals surface area (Å²) in [5.41, 5.74) is 1.99. The summed E-state index contributed by atoms with van der Waals surface area (Å²) < 4.78 is 9.79. The standard InChI is InChI=1S/C15H19NO7.C7H7Cl.2Na/c1-8(16-7-9(2)17)5-10-3-4-11-12(6-10)23-15(22-11,13(18)19)14(20)21;1-6-3-2-4-7(8)5-6;;/h3-4,6,8-9,16-17H,5,7H2,1-2H3,(H,18,19)(H,20,21);2-5H,1H3;;/q;;2*+1/p-2/t8-,9?;;;/m1.../s1. The van der Waals surface area contributed by atoms with E-state index in [9.17, 15) is 24.9 Å². The molecular formula is C22H24ClNNa2O7. The van der Waals surface area contributed by atoms with Gasteiger partial charge in [0.2, 0.25) is 0 Å². The minimum atomic E-state index is -2.96. The van der Waals surface area contributed by atoms with Crippen LogP contribution in [0.25, 0.3) is 0 Å². The van der Waals surface area contributed by atoms with Crippen molar-refractivity contribution in [1.29, 1.82) is 0 Å². The molecule has 33 heavy (non-hydrogen) atoms. The number of carbonyl (C=O) groups excluding carboxylic acids is 2. The van der Waals surface area contributed by atoms with Gasteiger partial charge in [0.25, 0.3) is 0 Å². The number of aryl methyl sites for hydroxylation is 1. The zero-order valence-electron chi connectivity index (χ0n) is 19.4. The van der Waals surface area contributed by atoms with Gasteiger partial charge in [0.1, 0.15) is 11.9 Å². The van der Waals surface area contributed by atoms with E-state index in [4.69, 9.17) is 21.1 Å². The molecule has 3 rings (SSSR count). The van der Waals surface area contributed by atoms with E-state index in [1.165, 1.54) is 17.7 Å². The molecule has 1 aliphatic rings. The summed E-state index contributed by atoms with van der Waals surface area (Å²) in [5.74, 6) is -7.05. The van der Waals surface area contributed by atoms with E-state index in [0.29, 0.717) is 13.0 Å². The maximum atomic E-state index is 11.0. The van der Waals surface area contributed by atoms with Crippen molar-refractivity contribution in [2.75, 3.05) is 6.54 Å². The van der Waals surface area contributed by atoms with E-state index in [1.54, 1.807) is 13.0 Å². The second-order valence-corrected chi connectivity index (χ2v) is 7.77. The third kappa shape index (κ3) is 9.39. The van der Waals surface area contributed by atoms with Crippen molar-refractivity contribution < 1.29 is 93.5 Å². The molecule has 0 aliphatic carbocycles. The number of hydrogen-bond acceptors (Lipinski definition) is 8. The van der Waals surface area contributed by atoms with E-state index in [2.05, 4.69) is 5.32 Å². The molecule has 2 N–H and O–H groups in total. The van der Waals surface area contributed by atoms with Crippen LogP contribution in [0, 0.1) is 6.92 Å². The van der Waals surface area contributed by atoms with Gasteiger partial charge in [-0.1, -0.05) is 29.8 Å². The summed E-state index contributed by atoms with van der Waals surface area (Å²) in [6.45, 7) is 6.04. The molecule has 2 atom stereocenters. The van der Waals surface area contributed by atoms with Gasteiger partial charge < -0.3 is 39.7 Å². The molecular weight excluding hydrogens is 472 g/mol. The van der Waals surface area contributed by atoms with Crippen molar-refractivity contribution in [3.8, 4) is 11.5 Å². The van der Waals surface area contributed by atoms with Gasteiger partial charge in [-0.25, -0.2) is 0 Å². The normalized spacial score (nSPS) is 14.5. The Labute approximate surface area is 242 Å². The number of carboxylic acids is 2. The van der Waals surface area contributed by atoms with Crippen LogP contribution in [0.2, 0.25) is 5.02 Å². The van der Waals surface area contributed by atoms with Crippen LogP contribution in [-0.4, -0.2) is 41.5 Å². The van der Waals surface area contributed by atoms with Crippen molar-refractivity contribution >= 4 is 23.5 Å². The van der Waals surface area contributed by atoms with Crippen LogP contribution in [0.1, 0.15) is 25.0 Å². The fourth-order valence-corrected chi connectivity index (χ4v) is 3.07. The molecule has 1 heterocycles. The molecule has 11 heteroatoms. The maximum absolute atomic E-state index is 11.0. The smallest absolute Gasteiger partial charge is 0.542 e. The molecule has 0 fully saturated rings. The molecule has 1 aliphatic heterocycles. The molecule has 168 valence electrons. The molecule has 0 bridgehead atoms. The van der Waals surface area contributed by atoms with Crippen LogP contribution < -0.4 is 84.1 Å². The van der Waals surface area contributed by atoms with Crippen LogP contribution in [-0.2, 0) is 16.0 Å². The summed E-state index contributed by atoms with van der Waals surface area (Å²) in [6, 6.07) is 12.4. The van der Waals surface area contributed by atoms with Crippen molar-refractivity contribution in [2.24, 2.45) is 0 Å². The van der Waals surface area contributed by atoms with Crippen molar-refractivity contribution in [3.05, 3.63) is 58.6 Å². The number of aliphatic hydroxyl groups excluding tert-OH is 1. The quantitative estimate of drug-likeness (QED) is 0.287. The van der Waals surface area contributed by atoms with Crippen molar-refractivity contribution in [1.82, 2.24) is 5.32 Å². The van der Waals surface area contributed by atoms with E-state index in [1.807, 2.05) is 38.1 Å². The van der Waals surface area contributed by atoms with E-state index in [0.717, 1.165) is 10.6 Å². The monoisotopic (exact) mass is 495 g/mol. The molecule has 0 spiro atoms. The summed E-state index contributed by atoms with van der Waals surface area (Å²) in [7, 11) is 0. The van der Waals surface area contributed by atoms with Gasteiger partial charge in [0.15, 0.2) is 11.5 Å². The first-order valence-electron chi connectivity index (χ1n) is 9.61. The average Bonchev–Trinajstić information content (AvgIpc) is 3.07. The molecule has 2 aromatic carbocycles. The number of nitrogens with one attached hydrogen (secondary N) is 1. The molecule has 0 amide bonds. The van der Waals surface area contributed by atoms with E-state index >= 15 is 0 Å². The molecule has 0 aromatic heterocycles. The summed E-state index contributed by atoms with van der Waals surface area (Å²) in [4.78, 5) is 22.1. The molecule has 0 saturated carbocycles. The topological polar surface area (TPSA) is 131 Å². The first kappa shape index (κ1) is 32.2. The number of aliphatic carboxylic acids is 2. The Morgan fingerprint density at radius 2 is 1.67 bits per heavy atom. The van der Waals surface area contributed by atoms with Gasteiger partial charge >= 0.3 is 64.9 Å². The van der Waals surface area contributed by atoms with Crippen molar-refractivity contribution in [2.45, 2.75) is 45.1 Å². The predicted molar refractivity (Wildman–Crippen MR) is 109 cm³/mol.